The lowest BCUT2D eigenvalue weighted by molar-refractivity contribution is -0.0415. The average Bonchev–Trinajstić information content (AvgIpc) is 2.87. The van der Waals surface area contributed by atoms with Crippen molar-refractivity contribution in [2.75, 3.05) is 12.3 Å². The number of hydrogen-bond acceptors (Lipinski definition) is 7. The maximum absolute atomic E-state index is 11.8. The first-order valence-corrected chi connectivity index (χ1v) is 6.85. The molecule has 3 N–H and O–H groups in total. The number of aliphatic hydroxyl groups excluding tert-OH is 1. The van der Waals surface area contributed by atoms with Crippen molar-refractivity contribution in [2.24, 2.45) is 0 Å². The minimum atomic E-state index is -0.738. The first-order valence-electron chi connectivity index (χ1n) is 6.85. The van der Waals surface area contributed by atoms with Crippen LogP contribution in [-0.2, 0) is 4.74 Å². The Morgan fingerprint density at radius 1 is 1.45 bits per heavy atom. The van der Waals surface area contributed by atoms with Gasteiger partial charge in [0.2, 0.25) is 5.88 Å². The number of pyridine rings is 1. The topological polar surface area (TPSA) is 112 Å². The third kappa shape index (κ3) is 3.07. The number of aliphatic hydroxyl groups is 1. The minimum absolute atomic E-state index is 0.145. The molecular weight excluding hydrogens is 288 g/mol. The SMILES string of the molecule is Nc1ccn([C@H]2C[C@H](O)[C@@H](COc3ccccn3)O2)c(=O)n1. The van der Waals surface area contributed by atoms with E-state index in [-0.39, 0.29) is 18.8 Å². The molecule has 3 atom stereocenters. The zero-order valence-electron chi connectivity index (χ0n) is 11.7. The Morgan fingerprint density at radius 3 is 3.05 bits per heavy atom. The molecule has 8 heteroatoms. The highest BCUT2D eigenvalue weighted by atomic mass is 16.6. The van der Waals surface area contributed by atoms with Crippen LogP contribution in [0.4, 0.5) is 5.82 Å². The van der Waals surface area contributed by atoms with Gasteiger partial charge in [-0.3, -0.25) is 4.57 Å². The molecule has 0 aromatic carbocycles. The summed E-state index contributed by atoms with van der Waals surface area (Å²) >= 11 is 0. The quantitative estimate of drug-likeness (QED) is 0.814. The van der Waals surface area contributed by atoms with Crippen LogP contribution in [0.1, 0.15) is 12.6 Å². The molecule has 0 amide bonds. The normalized spacial score (nSPS) is 24.3. The predicted molar refractivity (Wildman–Crippen MR) is 77.2 cm³/mol. The second-order valence-corrected chi connectivity index (χ2v) is 4.95. The predicted octanol–water partition coefficient (Wildman–Crippen LogP) is -0.0521. The first-order chi connectivity index (χ1) is 10.6. The summed E-state index contributed by atoms with van der Waals surface area (Å²) in [5.74, 6) is 0.600. The van der Waals surface area contributed by atoms with E-state index in [1.807, 2.05) is 0 Å². The Balaban J connectivity index is 1.65. The summed E-state index contributed by atoms with van der Waals surface area (Å²) < 4.78 is 12.5. The van der Waals surface area contributed by atoms with Gasteiger partial charge in [-0.1, -0.05) is 6.07 Å². The molecule has 3 rings (SSSR count). The van der Waals surface area contributed by atoms with E-state index >= 15 is 0 Å². The van der Waals surface area contributed by atoms with Gasteiger partial charge in [-0.25, -0.2) is 9.78 Å². The van der Waals surface area contributed by atoms with Crippen molar-refractivity contribution >= 4 is 5.82 Å². The van der Waals surface area contributed by atoms with Crippen molar-refractivity contribution in [1.29, 1.82) is 0 Å². The maximum atomic E-state index is 11.8. The third-order valence-corrected chi connectivity index (χ3v) is 3.40. The molecule has 0 unspecified atom stereocenters. The number of aromatic nitrogens is 3. The van der Waals surface area contributed by atoms with Crippen LogP contribution in [0.5, 0.6) is 5.88 Å². The molecule has 1 aliphatic heterocycles. The zero-order valence-corrected chi connectivity index (χ0v) is 11.7. The van der Waals surface area contributed by atoms with Crippen LogP contribution in [0.2, 0.25) is 0 Å². The number of nitrogens with zero attached hydrogens (tertiary/aromatic N) is 3. The summed E-state index contributed by atoms with van der Waals surface area (Å²) in [6.45, 7) is 0.145. The first kappa shape index (κ1) is 14.5. The van der Waals surface area contributed by atoms with Gasteiger partial charge in [0, 0.05) is 24.9 Å². The molecule has 0 aliphatic carbocycles. The highest BCUT2D eigenvalue weighted by Crippen LogP contribution is 2.28. The number of nitrogens with two attached hydrogens (primary N) is 1. The van der Waals surface area contributed by atoms with Gasteiger partial charge in [-0.2, -0.15) is 4.98 Å². The smallest absolute Gasteiger partial charge is 0.351 e. The van der Waals surface area contributed by atoms with Crippen LogP contribution in [0.3, 0.4) is 0 Å². The largest absolute Gasteiger partial charge is 0.475 e. The van der Waals surface area contributed by atoms with Crippen molar-refractivity contribution in [1.82, 2.24) is 14.5 Å². The average molecular weight is 304 g/mol. The molecule has 0 spiro atoms. The van der Waals surface area contributed by atoms with E-state index in [1.165, 1.54) is 16.8 Å². The van der Waals surface area contributed by atoms with Crippen LogP contribution >= 0.6 is 0 Å². The fourth-order valence-corrected chi connectivity index (χ4v) is 2.28. The van der Waals surface area contributed by atoms with Crippen LogP contribution in [0, 0.1) is 0 Å². The summed E-state index contributed by atoms with van der Waals surface area (Å²) in [4.78, 5) is 19.5. The summed E-state index contributed by atoms with van der Waals surface area (Å²) in [5, 5.41) is 10.1. The molecule has 22 heavy (non-hydrogen) atoms. The van der Waals surface area contributed by atoms with Crippen LogP contribution in [0.25, 0.3) is 0 Å². The Morgan fingerprint density at radius 2 is 2.32 bits per heavy atom. The molecule has 0 saturated carbocycles. The molecule has 1 fully saturated rings. The number of nitrogen functional groups attached to an aromatic ring is 1. The van der Waals surface area contributed by atoms with Crippen LogP contribution < -0.4 is 16.2 Å². The van der Waals surface area contributed by atoms with Crippen molar-refractivity contribution in [3.05, 3.63) is 47.1 Å². The van der Waals surface area contributed by atoms with Gasteiger partial charge in [0.25, 0.3) is 0 Å². The van der Waals surface area contributed by atoms with E-state index in [9.17, 15) is 9.90 Å². The standard InChI is InChI=1S/C14H16N4O4/c15-11-4-6-18(14(20)17-11)13-7-9(19)10(22-13)8-21-12-3-1-2-5-16-12/h1-6,9-10,13,19H,7-8H2,(H2,15,17,20)/t9-,10+,13+/m0/s1. The van der Waals surface area contributed by atoms with Crippen molar-refractivity contribution < 1.29 is 14.6 Å². The highest BCUT2D eigenvalue weighted by molar-refractivity contribution is 5.23. The van der Waals surface area contributed by atoms with E-state index in [2.05, 4.69) is 9.97 Å². The van der Waals surface area contributed by atoms with E-state index in [1.54, 1.807) is 24.4 Å². The Bertz CT molecular complexity index is 691. The third-order valence-electron chi connectivity index (χ3n) is 3.40. The second-order valence-electron chi connectivity index (χ2n) is 4.95. The van der Waals surface area contributed by atoms with Crippen molar-refractivity contribution in [3.63, 3.8) is 0 Å². The molecule has 8 nitrogen and oxygen atoms in total. The molecule has 1 aliphatic rings. The molecule has 116 valence electrons. The molecular formula is C14H16N4O4. The van der Waals surface area contributed by atoms with Crippen LogP contribution in [0.15, 0.2) is 41.5 Å². The fraction of sp³-hybridized carbons (Fsp3) is 0.357. The van der Waals surface area contributed by atoms with Gasteiger partial charge in [0.1, 0.15) is 24.8 Å². The minimum Gasteiger partial charge on any atom is -0.475 e. The molecule has 2 aromatic rings. The van der Waals surface area contributed by atoms with Gasteiger partial charge in [-0.15, -0.1) is 0 Å². The Labute approximate surface area is 126 Å². The van der Waals surface area contributed by atoms with Gasteiger partial charge in [0.15, 0.2) is 0 Å². The summed E-state index contributed by atoms with van der Waals surface area (Å²) in [6.07, 6.45) is 1.53. The van der Waals surface area contributed by atoms with Crippen molar-refractivity contribution in [2.45, 2.75) is 24.9 Å². The Hall–Kier alpha value is -2.45. The number of rotatable bonds is 4. The van der Waals surface area contributed by atoms with E-state index < -0.39 is 24.1 Å². The van der Waals surface area contributed by atoms with E-state index in [4.69, 9.17) is 15.2 Å². The van der Waals surface area contributed by atoms with Gasteiger partial charge >= 0.3 is 5.69 Å². The fourth-order valence-electron chi connectivity index (χ4n) is 2.28. The van der Waals surface area contributed by atoms with Crippen LogP contribution in [-0.4, -0.2) is 38.5 Å². The number of anilines is 1. The Kier molecular flexibility index (Phi) is 4.03. The van der Waals surface area contributed by atoms with Crippen molar-refractivity contribution in [3.8, 4) is 5.88 Å². The maximum Gasteiger partial charge on any atom is 0.351 e. The number of ether oxygens (including phenoxy) is 2. The lowest BCUT2D eigenvalue weighted by atomic mass is 10.2. The van der Waals surface area contributed by atoms with Gasteiger partial charge in [-0.05, 0) is 12.1 Å². The summed E-state index contributed by atoms with van der Waals surface area (Å²) in [6, 6.07) is 6.81. The second kappa shape index (κ2) is 6.12. The number of hydrogen-bond donors (Lipinski definition) is 2. The summed E-state index contributed by atoms with van der Waals surface area (Å²) in [5.41, 5.74) is 4.94. The highest BCUT2D eigenvalue weighted by Gasteiger charge is 2.36. The van der Waals surface area contributed by atoms with E-state index in [0.29, 0.717) is 5.88 Å². The van der Waals surface area contributed by atoms with Gasteiger partial charge < -0.3 is 20.3 Å². The molecule has 3 heterocycles. The molecule has 2 aromatic heterocycles. The lowest BCUT2D eigenvalue weighted by Gasteiger charge is -2.16. The molecule has 1 saturated heterocycles. The zero-order chi connectivity index (χ0) is 15.5. The van der Waals surface area contributed by atoms with Gasteiger partial charge in [0.05, 0.1) is 6.10 Å². The molecule has 0 bridgehead atoms. The van der Waals surface area contributed by atoms with E-state index in [0.717, 1.165) is 0 Å². The molecule has 0 radical (unpaired) electrons. The summed E-state index contributed by atoms with van der Waals surface area (Å²) in [7, 11) is 0. The monoisotopic (exact) mass is 304 g/mol. The lowest BCUT2D eigenvalue weighted by Crippen LogP contribution is -2.29.